The summed E-state index contributed by atoms with van der Waals surface area (Å²) in [4.78, 5) is 21.4. The first-order valence-corrected chi connectivity index (χ1v) is 12.5. The Labute approximate surface area is 208 Å². The van der Waals surface area contributed by atoms with Gasteiger partial charge in [-0.05, 0) is 67.9 Å². The van der Waals surface area contributed by atoms with Crippen LogP contribution in [-0.2, 0) is 4.79 Å². The number of aromatic nitrogens is 2. The molecule has 6 nitrogen and oxygen atoms in total. The minimum atomic E-state index is -0.688. The van der Waals surface area contributed by atoms with Gasteiger partial charge in [-0.2, -0.15) is 0 Å². The van der Waals surface area contributed by atoms with Gasteiger partial charge in [0, 0.05) is 54.0 Å². The number of carboxylic acid groups (broad SMARTS) is 1. The number of rotatable bonds is 6. The Morgan fingerprint density at radius 1 is 1.29 bits per heavy atom. The third kappa shape index (κ3) is 4.93. The second-order valence-electron chi connectivity index (χ2n) is 9.52. The number of aromatic amines is 1. The number of H-pyrrole nitrogens is 1. The van der Waals surface area contributed by atoms with Gasteiger partial charge in [0.1, 0.15) is 17.2 Å². The van der Waals surface area contributed by atoms with Crippen molar-refractivity contribution in [3.63, 3.8) is 0 Å². The van der Waals surface area contributed by atoms with Crippen molar-refractivity contribution in [1.82, 2.24) is 14.9 Å². The number of hydrogen-bond acceptors (Lipinski definition) is 4. The monoisotopic (exact) mass is 497 g/mol. The van der Waals surface area contributed by atoms with E-state index in [2.05, 4.69) is 20.9 Å². The summed E-state index contributed by atoms with van der Waals surface area (Å²) in [6, 6.07) is 6.98. The van der Waals surface area contributed by atoms with Gasteiger partial charge in [0.25, 0.3) is 0 Å². The van der Waals surface area contributed by atoms with E-state index in [1.165, 1.54) is 17.7 Å². The summed E-state index contributed by atoms with van der Waals surface area (Å²) in [5.74, 6) is -0.179. The quantitative estimate of drug-likeness (QED) is 0.427. The maximum atomic E-state index is 14.1. The van der Waals surface area contributed by atoms with E-state index in [1.807, 2.05) is 6.07 Å². The predicted molar refractivity (Wildman–Crippen MR) is 135 cm³/mol. The molecule has 1 aliphatic heterocycles. The van der Waals surface area contributed by atoms with Crippen molar-refractivity contribution in [1.29, 1.82) is 0 Å². The van der Waals surface area contributed by atoms with Crippen LogP contribution in [0, 0.1) is 11.7 Å². The first-order valence-electron chi connectivity index (χ1n) is 12.1. The number of aliphatic carboxylic acids is 1. The molecular formula is C27H29ClFN3O3. The lowest BCUT2D eigenvalue weighted by Crippen LogP contribution is -2.40. The zero-order chi connectivity index (χ0) is 24.5. The summed E-state index contributed by atoms with van der Waals surface area (Å²) in [5.41, 5.74) is 4.22. The summed E-state index contributed by atoms with van der Waals surface area (Å²) in [6.45, 7) is 1.84. The molecule has 1 aromatic carbocycles. The van der Waals surface area contributed by atoms with Crippen molar-refractivity contribution in [2.24, 2.45) is 5.92 Å². The van der Waals surface area contributed by atoms with E-state index >= 15 is 0 Å². The molecule has 0 saturated heterocycles. The molecule has 1 aliphatic carbocycles. The van der Waals surface area contributed by atoms with Crippen LogP contribution >= 0.6 is 11.6 Å². The predicted octanol–water partition coefficient (Wildman–Crippen LogP) is 6.15. The van der Waals surface area contributed by atoms with Crippen LogP contribution in [0.4, 0.5) is 4.39 Å². The molecule has 0 atom stereocenters. The molecule has 8 heteroatoms. The molecule has 1 fully saturated rings. The summed E-state index contributed by atoms with van der Waals surface area (Å²) >= 11 is 6.55. The number of pyridine rings is 1. The standard InChI is InChI=1S/C27H29ClFN3O3/c1-35-24-7-4-18(29)13-20(24)26-21-14-23(31-27(21)30-15-22(26)28)17-8-10-32(11-9-17)19-5-2-16(3-6-19)12-25(33)34/h4,7-8,13-16,19H,2-3,5-6,9-12H2,1H3,(H,30,31)(H,33,34)/t16-,19-. The highest BCUT2D eigenvalue weighted by atomic mass is 35.5. The van der Waals surface area contributed by atoms with Crippen molar-refractivity contribution in [2.45, 2.75) is 44.6 Å². The van der Waals surface area contributed by atoms with Crippen LogP contribution in [-0.4, -0.2) is 52.2 Å². The van der Waals surface area contributed by atoms with Crippen LogP contribution in [0.15, 0.2) is 36.5 Å². The van der Waals surface area contributed by atoms with E-state index in [9.17, 15) is 9.18 Å². The van der Waals surface area contributed by atoms with Gasteiger partial charge < -0.3 is 14.8 Å². The molecule has 5 rings (SSSR count). The molecule has 0 amide bonds. The normalized spacial score (nSPS) is 21.2. The first kappa shape index (κ1) is 23.8. The number of benzene rings is 1. The molecule has 2 aromatic heterocycles. The van der Waals surface area contributed by atoms with Crippen LogP contribution in [0.3, 0.4) is 0 Å². The molecule has 3 aromatic rings. The Hall–Kier alpha value is -2.90. The van der Waals surface area contributed by atoms with Crippen LogP contribution in [0.5, 0.6) is 5.75 Å². The third-order valence-corrected chi connectivity index (χ3v) is 7.71. The fraction of sp³-hybridized carbons (Fsp3) is 0.407. The lowest BCUT2D eigenvalue weighted by molar-refractivity contribution is -0.138. The molecule has 3 heterocycles. The van der Waals surface area contributed by atoms with E-state index in [0.717, 1.165) is 56.3 Å². The number of carboxylic acids is 1. The van der Waals surface area contributed by atoms with Crippen molar-refractivity contribution >= 4 is 34.2 Å². The van der Waals surface area contributed by atoms with Gasteiger partial charge in [-0.15, -0.1) is 0 Å². The van der Waals surface area contributed by atoms with Gasteiger partial charge in [0.15, 0.2) is 0 Å². The Kier molecular flexibility index (Phi) is 6.80. The highest BCUT2D eigenvalue weighted by molar-refractivity contribution is 6.35. The Morgan fingerprint density at radius 2 is 2.09 bits per heavy atom. The lowest BCUT2D eigenvalue weighted by Gasteiger charge is -2.38. The summed E-state index contributed by atoms with van der Waals surface area (Å²) in [7, 11) is 1.56. The van der Waals surface area contributed by atoms with Crippen LogP contribution < -0.4 is 4.74 Å². The van der Waals surface area contributed by atoms with Gasteiger partial charge in [-0.25, -0.2) is 9.37 Å². The topological polar surface area (TPSA) is 78.5 Å². The number of nitrogens with zero attached hydrogens (tertiary/aromatic N) is 2. The molecule has 2 aliphatic rings. The molecule has 184 valence electrons. The zero-order valence-corrected chi connectivity index (χ0v) is 20.4. The molecule has 1 saturated carbocycles. The maximum Gasteiger partial charge on any atom is 0.303 e. The van der Waals surface area contributed by atoms with Gasteiger partial charge in [0.2, 0.25) is 0 Å². The lowest BCUT2D eigenvalue weighted by atomic mass is 9.83. The Balaban J connectivity index is 1.37. The van der Waals surface area contributed by atoms with E-state index in [-0.39, 0.29) is 5.82 Å². The van der Waals surface area contributed by atoms with Crippen molar-refractivity contribution < 1.29 is 19.0 Å². The fourth-order valence-corrected chi connectivity index (χ4v) is 5.85. The van der Waals surface area contributed by atoms with Gasteiger partial charge in [-0.3, -0.25) is 9.69 Å². The first-order chi connectivity index (χ1) is 16.9. The zero-order valence-electron chi connectivity index (χ0n) is 19.7. The minimum Gasteiger partial charge on any atom is -0.496 e. The fourth-order valence-electron chi connectivity index (χ4n) is 5.59. The smallest absolute Gasteiger partial charge is 0.303 e. The largest absolute Gasteiger partial charge is 0.496 e. The second-order valence-corrected chi connectivity index (χ2v) is 9.92. The second kappa shape index (κ2) is 9.99. The summed E-state index contributed by atoms with van der Waals surface area (Å²) < 4.78 is 19.6. The van der Waals surface area contributed by atoms with E-state index in [4.69, 9.17) is 21.4 Å². The molecule has 35 heavy (non-hydrogen) atoms. The van der Waals surface area contributed by atoms with Crippen LogP contribution in [0.1, 0.15) is 44.2 Å². The number of methoxy groups -OCH3 is 1. The SMILES string of the molecule is COc1ccc(F)cc1-c1c(Cl)cnc2[nH]c(C3=CCN([C@H]4CC[C@H](CC(=O)O)CC4)CC3)cc12. The van der Waals surface area contributed by atoms with Gasteiger partial charge in [0.05, 0.1) is 12.1 Å². The van der Waals surface area contributed by atoms with Crippen molar-refractivity contribution in [3.8, 4) is 16.9 Å². The van der Waals surface area contributed by atoms with Crippen LogP contribution in [0.2, 0.25) is 5.02 Å². The molecule has 0 unspecified atom stereocenters. The van der Waals surface area contributed by atoms with E-state index < -0.39 is 5.97 Å². The summed E-state index contributed by atoms with van der Waals surface area (Å²) in [5, 5.41) is 10.3. The number of hydrogen-bond donors (Lipinski definition) is 2. The molecule has 0 bridgehead atoms. The number of halogens is 2. The number of ether oxygens (including phenoxy) is 1. The average molecular weight is 498 g/mol. The van der Waals surface area contributed by atoms with E-state index in [0.29, 0.717) is 45.9 Å². The molecule has 0 spiro atoms. The Morgan fingerprint density at radius 3 is 2.77 bits per heavy atom. The highest BCUT2D eigenvalue weighted by Gasteiger charge is 2.28. The molecule has 0 radical (unpaired) electrons. The minimum absolute atomic E-state index is 0.290. The van der Waals surface area contributed by atoms with Crippen molar-refractivity contribution in [3.05, 3.63) is 53.1 Å². The maximum absolute atomic E-state index is 14.1. The third-order valence-electron chi connectivity index (χ3n) is 7.43. The van der Waals surface area contributed by atoms with Crippen LogP contribution in [0.25, 0.3) is 27.7 Å². The van der Waals surface area contributed by atoms with E-state index in [1.54, 1.807) is 19.4 Å². The molecular weight excluding hydrogens is 469 g/mol. The van der Waals surface area contributed by atoms with Crippen molar-refractivity contribution in [2.75, 3.05) is 20.2 Å². The Bertz CT molecular complexity index is 1280. The number of fused-ring (bicyclic) bond motifs is 1. The highest BCUT2D eigenvalue weighted by Crippen LogP contribution is 2.41. The summed E-state index contributed by atoms with van der Waals surface area (Å²) in [6.07, 6.45) is 9.16. The van der Waals surface area contributed by atoms with Gasteiger partial charge in [-0.1, -0.05) is 17.7 Å². The number of carbonyl (C=O) groups is 1. The van der Waals surface area contributed by atoms with Gasteiger partial charge >= 0.3 is 5.97 Å². The number of nitrogens with one attached hydrogen (secondary N) is 1. The average Bonchev–Trinajstić information content (AvgIpc) is 3.28. The molecule has 2 N–H and O–H groups in total.